The van der Waals surface area contributed by atoms with Gasteiger partial charge in [0.2, 0.25) is 5.78 Å². The predicted octanol–water partition coefficient (Wildman–Crippen LogP) is 2.93. The van der Waals surface area contributed by atoms with E-state index in [4.69, 9.17) is 0 Å². The van der Waals surface area contributed by atoms with Crippen LogP contribution < -0.4 is 10.6 Å². The summed E-state index contributed by atoms with van der Waals surface area (Å²) in [4.78, 5) is 35.3. The largest absolute Gasteiger partial charge is 2.00 e. The van der Waals surface area contributed by atoms with Crippen molar-refractivity contribution < 1.29 is 35.4 Å². The molecule has 1 amide bonds. The third-order valence-electron chi connectivity index (χ3n) is 3.71. The number of rotatable bonds is 4. The van der Waals surface area contributed by atoms with E-state index in [1.54, 1.807) is 61.9 Å². The molecule has 0 saturated heterocycles. The molecule has 0 saturated carbocycles. The van der Waals surface area contributed by atoms with Crippen LogP contribution in [0.15, 0.2) is 59.8 Å². The molecule has 0 unspecified atom stereocenters. The third-order valence-corrected chi connectivity index (χ3v) is 3.71. The zero-order valence-corrected chi connectivity index (χ0v) is 15.7. The number of Topliss-reactive ketones (excluding diaryl/α,β-unsaturated/α-hetero) is 2. The second-order valence-corrected chi connectivity index (χ2v) is 5.13. The molecule has 118 valence electrons. The number of hydrogen-bond acceptors (Lipinski definition) is 4. The smallest absolute Gasteiger partial charge is 0.490 e. The minimum Gasteiger partial charge on any atom is -0.490 e. The minimum absolute atomic E-state index is 0. The van der Waals surface area contributed by atoms with Crippen molar-refractivity contribution in [2.24, 2.45) is 0 Å². The summed E-state index contributed by atoms with van der Waals surface area (Å²) in [7, 11) is 0. The van der Waals surface area contributed by atoms with Crippen molar-refractivity contribution in [2.75, 3.05) is 10.6 Å². The number of carbonyl (C=O) groups excluding carboxylic acids is 3. The first kappa shape index (κ1) is 17.8. The van der Waals surface area contributed by atoms with Gasteiger partial charge in [-0.15, -0.1) is 17.8 Å². The SMILES string of the molecule is CC1=C(Nc2ccc(N[C-]=O)cc2)C(=O)c2ccccc2C1=O.[W+2]. The number of allylic oxidation sites excluding steroid dienone is 2. The summed E-state index contributed by atoms with van der Waals surface area (Å²) in [6.45, 7) is 1.63. The summed E-state index contributed by atoms with van der Waals surface area (Å²) in [5.41, 5.74) is 2.73. The molecule has 0 bridgehead atoms. The molecule has 0 heterocycles. The van der Waals surface area contributed by atoms with Crippen LogP contribution in [0.1, 0.15) is 27.6 Å². The Hall–Kier alpha value is -2.52. The van der Waals surface area contributed by atoms with Crippen molar-refractivity contribution in [1.29, 1.82) is 0 Å². The summed E-state index contributed by atoms with van der Waals surface area (Å²) in [5, 5.41) is 5.41. The van der Waals surface area contributed by atoms with Gasteiger partial charge in [0, 0.05) is 22.4 Å². The van der Waals surface area contributed by atoms with Crippen LogP contribution in [0, 0.1) is 0 Å². The molecule has 3 rings (SSSR count). The van der Waals surface area contributed by atoms with E-state index in [9.17, 15) is 14.4 Å². The number of benzene rings is 2. The third kappa shape index (κ3) is 3.22. The van der Waals surface area contributed by atoms with Crippen molar-refractivity contribution in [3.8, 4) is 0 Å². The van der Waals surface area contributed by atoms with Crippen LogP contribution in [-0.4, -0.2) is 18.0 Å². The zero-order chi connectivity index (χ0) is 16.4. The fourth-order valence-corrected chi connectivity index (χ4v) is 2.49. The van der Waals surface area contributed by atoms with Crippen molar-refractivity contribution in [3.63, 3.8) is 0 Å². The molecule has 6 heteroatoms. The summed E-state index contributed by atoms with van der Waals surface area (Å²) < 4.78 is 0. The Morgan fingerprint density at radius 2 is 1.38 bits per heavy atom. The molecule has 24 heavy (non-hydrogen) atoms. The van der Waals surface area contributed by atoms with E-state index in [0.717, 1.165) is 0 Å². The molecule has 0 aliphatic heterocycles. The van der Waals surface area contributed by atoms with Gasteiger partial charge in [-0.2, -0.15) is 0 Å². The molecule has 2 aromatic carbocycles. The van der Waals surface area contributed by atoms with Crippen LogP contribution in [0.4, 0.5) is 11.4 Å². The molecule has 0 spiro atoms. The first-order valence-electron chi connectivity index (χ1n) is 7.01. The molecule has 2 N–H and O–H groups in total. The van der Waals surface area contributed by atoms with E-state index in [0.29, 0.717) is 28.1 Å². The summed E-state index contributed by atoms with van der Waals surface area (Å²) in [6, 6.07) is 13.5. The number of anilines is 2. The first-order chi connectivity index (χ1) is 11.1. The van der Waals surface area contributed by atoms with Crippen LogP contribution >= 0.6 is 0 Å². The predicted molar refractivity (Wildman–Crippen MR) is 87.2 cm³/mol. The van der Waals surface area contributed by atoms with E-state index in [-0.39, 0.29) is 38.3 Å². The second kappa shape index (κ2) is 7.37. The fraction of sp³-hybridized carbons (Fsp3) is 0.0556. The van der Waals surface area contributed by atoms with Crippen LogP contribution in [0.25, 0.3) is 0 Å². The fourth-order valence-electron chi connectivity index (χ4n) is 2.49. The van der Waals surface area contributed by atoms with Gasteiger partial charge in [0.25, 0.3) is 0 Å². The molecule has 5 nitrogen and oxygen atoms in total. The van der Waals surface area contributed by atoms with Crippen LogP contribution in [0.3, 0.4) is 0 Å². The number of fused-ring (bicyclic) bond motifs is 1. The van der Waals surface area contributed by atoms with Crippen molar-refractivity contribution in [1.82, 2.24) is 0 Å². The van der Waals surface area contributed by atoms with Gasteiger partial charge in [-0.05, 0) is 6.92 Å². The van der Waals surface area contributed by atoms with Crippen LogP contribution in [-0.2, 0) is 25.9 Å². The standard InChI is InChI=1S/C18H13N2O3.W/c1-11-16(20-13-8-6-12(7-9-13)19-10-21)18(23)15-5-3-2-4-14(15)17(11)22;/h2-9,20H,1H3,(H,19,21);/q-1;+2. The van der Waals surface area contributed by atoms with Crippen molar-refractivity contribution >= 4 is 29.4 Å². The van der Waals surface area contributed by atoms with Gasteiger partial charge in [0.15, 0.2) is 5.78 Å². The number of carbonyl (C=O) groups is 2. The second-order valence-electron chi connectivity index (χ2n) is 5.13. The average molecular weight is 489 g/mol. The van der Waals surface area contributed by atoms with E-state index < -0.39 is 0 Å². The number of amides is 1. The van der Waals surface area contributed by atoms with Gasteiger partial charge in [-0.1, -0.05) is 36.4 Å². The van der Waals surface area contributed by atoms with E-state index in [2.05, 4.69) is 10.6 Å². The van der Waals surface area contributed by atoms with Crippen molar-refractivity contribution in [3.05, 3.63) is 70.9 Å². The van der Waals surface area contributed by atoms with Gasteiger partial charge < -0.3 is 15.4 Å². The maximum absolute atomic E-state index is 12.6. The Balaban J connectivity index is 0.00000208. The maximum atomic E-state index is 12.6. The van der Waals surface area contributed by atoms with E-state index in [1.165, 1.54) is 0 Å². The van der Waals surface area contributed by atoms with Crippen molar-refractivity contribution in [2.45, 2.75) is 6.92 Å². The van der Waals surface area contributed by atoms with Gasteiger partial charge in [0.05, 0.1) is 12.1 Å². The number of nitrogens with one attached hydrogen (secondary N) is 2. The van der Waals surface area contributed by atoms with Gasteiger partial charge in [-0.3, -0.25) is 9.59 Å². The molecular formula is C18H13N2O3W+. The minimum atomic E-state index is -0.207. The normalized spacial score (nSPS) is 13.0. The quantitative estimate of drug-likeness (QED) is 0.512. The summed E-state index contributed by atoms with van der Waals surface area (Å²) in [6.07, 6.45) is 1.59. The van der Waals surface area contributed by atoms with Gasteiger partial charge in [-0.25, -0.2) is 0 Å². The average Bonchev–Trinajstić information content (AvgIpc) is 2.58. The summed E-state index contributed by atoms with van der Waals surface area (Å²) >= 11 is 0. The molecule has 1 aliphatic carbocycles. The molecule has 2 aromatic rings. The Bertz CT molecular complexity index is 842. The van der Waals surface area contributed by atoms with Gasteiger partial charge >= 0.3 is 21.1 Å². The monoisotopic (exact) mass is 489 g/mol. The Morgan fingerprint density at radius 1 is 0.833 bits per heavy atom. The van der Waals surface area contributed by atoms with Crippen LogP contribution in [0.2, 0.25) is 0 Å². The Kier molecular flexibility index (Phi) is 5.47. The maximum Gasteiger partial charge on any atom is 2.00 e. The van der Waals surface area contributed by atoms with Crippen LogP contribution in [0.5, 0.6) is 0 Å². The molecule has 0 aromatic heterocycles. The Labute approximate surface area is 153 Å². The topological polar surface area (TPSA) is 75.3 Å². The molecule has 0 radical (unpaired) electrons. The van der Waals surface area contributed by atoms with Gasteiger partial charge in [0.1, 0.15) is 0 Å². The molecule has 0 fully saturated rings. The molecule has 0 atom stereocenters. The zero-order valence-electron chi connectivity index (χ0n) is 12.8. The number of ketones is 2. The molecule has 1 aliphatic rings. The van der Waals surface area contributed by atoms with E-state index >= 15 is 0 Å². The molecular weight excluding hydrogens is 476 g/mol. The summed E-state index contributed by atoms with van der Waals surface area (Å²) in [5.74, 6) is -0.363. The first-order valence-corrected chi connectivity index (χ1v) is 7.01. The van der Waals surface area contributed by atoms with E-state index in [1.807, 2.05) is 0 Å². The Morgan fingerprint density at radius 3 is 1.96 bits per heavy atom. The number of hydrogen-bond donors (Lipinski definition) is 2.